The predicted molar refractivity (Wildman–Crippen MR) is 110 cm³/mol. The molecule has 2 aromatic carbocycles. The second-order valence-corrected chi connectivity index (χ2v) is 5.58. The molecule has 0 unspecified atom stereocenters. The molecular formula is C18H23F2IN4. The van der Waals surface area contributed by atoms with Crippen molar-refractivity contribution in [3.8, 4) is 0 Å². The van der Waals surface area contributed by atoms with E-state index in [2.05, 4.69) is 21.7 Å². The molecule has 25 heavy (non-hydrogen) atoms. The van der Waals surface area contributed by atoms with Crippen LogP contribution in [0.15, 0.2) is 47.5 Å². The van der Waals surface area contributed by atoms with E-state index in [-0.39, 0.29) is 36.1 Å². The molecule has 0 saturated heterocycles. The molecule has 0 bridgehead atoms. The fraction of sp³-hybridized carbons (Fsp3) is 0.278. The Morgan fingerprint density at radius 3 is 2.44 bits per heavy atom. The van der Waals surface area contributed by atoms with E-state index in [0.717, 1.165) is 23.4 Å². The molecule has 0 aromatic heterocycles. The van der Waals surface area contributed by atoms with Crippen LogP contribution in [0.1, 0.15) is 11.1 Å². The van der Waals surface area contributed by atoms with Crippen LogP contribution < -0.4 is 15.5 Å². The molecule has 2 rings (SSSR count). The van der Waals surface area contributed by atoms with Gasteiger partial charge in [0, 0.05) is 45.5 Å². The van der Waals surface area contributed by atoms with E-state index in [9.17, 15) is 8.78 Å². The molecule has 0 atom stereocenters. The number of rotatable bonds is 5. The van der Waals surface area contributed by atoms with Gasteiger partial charge in [0.05, 0.1) is 0 Å². The van der Waals surface area contributed by atoms with Crippen molar-refractivity contribution in [1.82, 2.24) is 10.6 Å². The maximum atomic E-state index is 13.6. The van der Waals surface area contributed by atoms with Crippen LogP contribution in [0.2, 0.25) is 0 Å². The Labute approximate surface area is 164 Å². The molecule has 0 aliphatic heterocycles. The van der Waals surface area contributed by atoms with Crippen LogP contribution in [0, 0.1) is 11.6 Å². The van der Waals surface area contributed by atoms with Crippen molar-refractivity contribution in [2.75, 3.05) is 26.0 Å². The highest BCUT2D eigenvalue weighted by atomic mass is 127. The molecule has 0 radical (unpaired) electrons. The second kappa shape index (κ2) is 10.2. The molecule has 0 fully saturated rings. The number of hydrogen-bond donors (Lipinski definition) is 2. The first-order valence-corrected chi connectivity index (χ1v) is 7.64. The minimum atomic E-state index is -0.461. The number of benzene rings is 2. The number of halogens is 3. The third-order valence-corrected chi connectivity index (χ3v) is 3.56. The summed E-state index contributed by atoms with van der Waals surface area (Å²) in [6.45, 7) is 0.730. The summed E-state index contributed by atoms with van der Waals surface area (Å²) in [7, 11) is 5.61. The zero-order valence-electron chi connectivity index (χ0n) is 14.5. The summed E-state index contributed by atoms with van der Waals surface area (Å²) in [4.78, 5) is 6.13. The molecule has 0 aliphatic rings. The average molecular weight is 460 g/mol. The summed E-state index contributed by atoms with van der Waals surface area (Å²) in [5.41, 5.74) is 2.47. The molecule has 2 aromatic rings. The highest BCUT2D eigenvalue weighted by molar-refractivity contribution is 14.0. The smallest absolute Gasteiger partial charge is 0.191 e. The number of guanidine groups is 1. The molecule has 4 nitrogen and oxygen atoms in total. The van der Waals surface area contributed by atoms with Crippen molar-refractivity contribution in [1.29, 1.82) is 0 Å². The van der Waals surface area contributed by atoms with Gasteiger partial charge in [-0.05, 0) is 35.9 Å². The van der Waals surface area contributed by atoms with Gasteiger partial charge in [-0.15, -0.1) is 24.0 Å². The number of hydrogen-bond acceptors (Lipinski definition) is 2. The lowest BCUT2D eigenvalue weighted by Crippen LogP contribution is -2.36. The van der Waals surface area contributed by atoms with E-state index in [1.165, 1.54) is 6.07 Å². The van der Waals surface area contributed by atoms with Crippen LogP contribution in [0.4, 0.5) is 14.5 Å². The van der Waals surface area contributed by atoms with E-state index in [0.29, 0.717) is 12.5 Å². The first kappa shape index (κ1) is 21.1. The van der Waals surface area contributed by atoms with Gasteiger partial charge in [0.2, 0.25) is 0 Å². The van der Waals surface area contributed by atoms with Gasteiger partial charge < -0.3 is 15.5 Å². The summed E-state index contributed by atoms with van der Waals surface area (Å²) in [6.07, 6.45) is 0. The summed E-state index contributed by atoms with van der Waals surface area (Å²) < 4.78 is 26.8. The standard InChI is InChI=1S/C18H22F2N4.HI/c1-21-18(23-12-14-10-15(19)7-8-17(14)20)22-11-13-5-4-6-16(9-13)24(2)3;/h4-10H,11-12H2,1-3H3,(H2,21,22,23);1H. The highest BCUT2D eigenvalue weighted by Crippen LogP contribution is 2.13. The van der Waals surface area contributed by atoms with Crippen molar-refractivity contribution in [3.05, 3.63) is 65.2 Å². The molecule has 2 N–H and O–H groups in total. The van der Waals surface area contributed by atoms with Gasteiger partial charge in [-0.3, -0.25) is 4.99 Å². The van der Waals surface area contributed by atoms with E-state index < -0.39 is 11.6 Å². The molecule has 0 amide bonds. The van der Waals surface area contributed by atoms with Crippen molar-refractivity contribution in [3.63, 3.8) is 0 Å². The van der Waals surface area contributed by atoms with Crippen molar-refractivity contribution < 1.29 is 8.78 Å². The Morgan fingerprint density at radius 2 is 1.76 bits per heavy atom. The lowest BCUT2D eigenvalue weighted by molar-refractivity contribution is 0.581. The molecule has 0 spiro atoms. The summed E-state index contributed by atoms with van der Waals surface area (Å²) in [6, 6.07) is 11.5. The normalized spacial score (nSPS) is 10.8. The number of aliphatic imine (C=N–C) groups is 1. The van der Waals surface area contributed by atoms with E-state index >= 15 is 0 Å². The third kappa shape index (κ3) is 6.49. The van der Waals surface area contributed by atoms with Crippen LogP contribution in [0.3, 0.4) is 0 Å². The first-order valence-electron chi connectivity index (χ1n) is 7.64. The second-order valence-electron chi connectivity index (χ2n) is 5.58. The topological polar surface area (TPSA) is 39.7 Å². The molecule has 0 heterocycles. The Kier molecular flexibility index (Phi) is 8.60. The minimum Gasteiger partial charge on any atom is -0.378 e. The Bertz CT molecular complexity index is 720. The number of nitrogens with one attached hydrogen (secondary N) is 2. The zero-order valence-corrected chi connectivity index (χ0v) is 16.8. The number of anilines is 1. The predicted octanol–water partition coefficient (Wildman–Crippen LogP) is 3.51. The largest absolute Gasteiger partial charge is 0.378 e. The Balaban J connectivity index is 0.00000312. The molecule has 0 saturated carbocycles. The first-order chi connectivity index (χ1) is 11.5. The maximum absolute atomic E-state index is 13.6. The molecule has 7 heteroatoms. The third-order valence-electron chi connectivity index (χ3n) is 3.56. The summed E-state index contributed by atoms with van der Waals surface area (Å²) >= 11 is 0. The van der Waals surface area contributed by atoms with Crippen LogP contribution in [-0.4, -0.2) is 27.1 Å². The van der Waals surface area contributed by atoms with Gasteiger partial charge in [-0.2, -0.15) is 0 Å². The average Bonchev–Trinajstić information content (AvgIpc) is 2.58. The van der Waals surface area contributed by atoms with Gasteiger partial charge in [0.1, 0.15) is 11.6 Å². The van der Waals surface area contributed by atoms with Gasteiger partial charge >= 0.3 is 0 Å². The Morgan fingerprint density at radius 1 is 1.04 bits per heavy atom. The van der Waals surface area contributed by atoms with Crippen molar-refractivity contribution in [2.45, 2.75) is 13.1 Å². The molecule has 136 valence electrons. The van der Waals surface area contributed by atoms with E-state index in [4.69, 9.17) is 0 Å². The van der Waals surface area contributed by atoms with E-state index in [1.54, 1.807) is 7.05 Å². The highest BCUT2D eigenvalue weighted by Gasteiger charge is 2.05. The minimum absolute atomic E-state index is 0. The maximum Gasteiger partial charge on any atom is 0.191 e. The fourth-order valence-electron chi connectivity index (χ4n) is 2.21. The van der Waals surface area contributed by atoms with Gasteiger partial charge in [0.25, 0.3) is 0 Å². The molecular weight excluding hydrogens is 437 g/mol. The van der Waals surface area contributed by atoms with Crippen LogP contribution in [0.25, 0.3) is 0 Å². The van der Waals surface area contributed by atoms with Crippen LogP contribution >= 0.6 is 24.0 Å². The molecule has 0 aliphatic carbocycles. The quantitative estimate of drug-likeness (QED) is 0.408. The lowest BCUT2D eigenvalue weighted by atomic mass is 10.2. The lowest BCUT2D eigenvalue weighted by Gasteiger charge is -2.15. The Hall–Kier alpha value is -1.90. The monoisotopic (exact) mass is 460 g/mol. The van der Waals surface area contributed by atoms with E-state index in [1.807, 2.05) is 37.2 Å². The van der Waals surface area contributed by atoms with Crippen molar-refractivity contribution >= 4 is 35.6 Å². The summed E-state index contributed by atoms with van der Waals surface area (Å²) in [5, 5.41) is 6.14. The van der Waals surface area contributed by atoms with Crippen molar-refractivity contribution in [2.24, 2.45) is 4.99 Å². The van der Waals surface area contributed by atoms with Gasteiger partial charge in [-0.25, -0.2) is 8.78 Å². The van der Waals surface area contributed by atoms with Crippen LogP contribution in [-0.2, 0) is 13.1 Å². The van der Waals surface area contributed by atoms with Crippen LogP contribution in [0.5, 0.6) is 0 Å². The SMILES string of the molecule is CN=C(NCc1cccc(N(C)C)c1)NCc1cc(F)ccc1F.I. The zero-order chi connectivity index (χ0) is 17.5. The fourth-order valence-corrected chi connectivity index (χ4v) is 2.21. The summed E-state index contributed by atoms with van der Waals surface area (Å²) in [5.74, 6) is -0.386. The van der Waals surface area contributed by atoms with Gasteiger partial charge in [0.15, 0.2) is 5.96 Å². The number of nitrogens with zero attached hydrogens (tertiary/aromatic N) is 2. The van der Waals surface area contributed by atoms with Gasteiger partial charge in [-0.1, -0.05) is 12.1 Å².